The summed E-state index contributed by atoms with van der Waals surface area (Å²) in [6.07, 6.45) is 0. The second kappa shape index (κ2) is 17.5. The molecule has 0 spiro atoms. The van der Waals surface area contributed by atoms with Gasteiger partial charge in [-0.3, -0.25) is 9.59 Å². The van der Waals surface area contributed by atoms with Gasteiger partial charge in [0.05, 0.1) is 55.6 Å². The van der Waals surface area contributed by atoms with Gasteiger partial charge in [0.25, 0.3) is 0 Å². The molecule has 400 valence electrons. The summed E-state index contributed by atoms with van der Waals surface area (Å²) in [5, 5.41) is 6.60. The molecule has 15 aromatic rings. The Kier molecular flexibility index (Phi) is 9.92. The van der Waals surface area contributed by atoms with Gasteiger partial charge >= 0.3 is 0 Å². The van der Waals surface area contributed by atoms with E-state index in [1.165, 1.54) is 15.4 Å². The highest BCUT2D eigenvalue weighted by Crippen LogP contribution is 2.53. The van der Waals surface area contributed by atoms with Gasteiger partial charge in [-0.25, -0.2) is 0 Å². The van der Waals surface area contributed by atoms with E-state index in [0.29, 0.717) is 5.56 Å². The molecule has 85 heavy (non-hydrogen) atoms. The zero-order chi connectivity index (χ0) is 56.6. The lowest BCUT2D eigenvalue weighted by atomic mass is 9.86. The minimum absolute atomic E-state index is 0.0339. The Bertz CT molecular complexity index is 5430. The number of rotatable bonds is 5. The zero-order valence-corrected chi connectivity index (χ0v) is 47.5. The van der Waals surface area contributed by atoms with Gasteiger partial charge < -0.3 is 18.6 Å². The summed E-state index contributed by atoms with van der Waals surface area (Å²) >= 11 is 1.81. The summed E-state index contributed by atoms with van der Waals surface area (Å²) in [5.74, 6) is 0.0953. The SMILES string of the molecule is CC(C)(C)c1ccc2c(c1)c1ccc3c(c1n2-c1ccc2c4ccccc4n(-c4ccc(-c5cc6c7ccccc7n(-c7ccc(N8c9ccccc9Sc9ccccc98)cc7)c6c6c5-c5ccccc5C6=O)cc4)c2c1)C(=O)c1ccccc1-3. The third-order valence-electron chi connectivity index (χ3n) is 18.3. The van der Waals surface area contributed by atoms with E-state index in [4.69, 9.17) is 0 Å². The van der Waals surface area contributed by atoms with Gasteiger partial charge in [0.2, 0.25) is 0 Å². The van der Waals surface area contributed by atoms with Crippen LogP contribution in [0.4, 0.5) is 17.1 Å². The third-order valence-corrected chi connectivity index (χ3v) is 19.4. The minimum atomic E-state index is -0.0695. The van der Waals surface area contributed by atoms with Crippen molar-refractivity contribution in [1.82, 2.24) is 13.7 Å². The minimum Gasteiger partial charge on any atom is -0.309 e. The van der Waals surface area contributed by atoms with Crippen LogP contribution in [-0.2, 0) is 5.41 Å². The molecule has 0 atom stereocenters. The summed E-state index contributed by atoms with van der Waals surface area (Å²) in [7, 11) is 0. The van der Waals surface area contributed by atoms with E-state index < -0.39 is 0 Å². The second-order valence-electron chi connectivity index (χ2n) is 23.9. The molecule has 0 N–H and O–H groups in total. The fraction of sp³-hybridized carbons (Fsp3) is 0.0513. The third kappa shape index (κ3) is 6.72. The first-order chi connectivity index (χ1) is 41.7. The van der Waals surface area contributed by atoms with Crippen LogP contribution in [0.5, 0.6) is 0 Å². The van der Waals surface area contributed by atoms with Crippen LogP contribution >= 0.6 is 11.8 Å². The Labute approximate surface area is 494 Å². The topological polar surface area (TPSA) is 52.2 Å². The zero-order valence-electron chi connectivity index (χ0n) is 46.7. The molecule has 0 unspecified atom stereocenters. The highest BCUT2D eigenvalue weighted by Gasteiger charge is 2.36. The van der Waals surface area contributed by atoms with Gasteiger partial charge in [0, 0.05) is 81.5 Å². The molecule has 0 bridgehead atoms. The number of nitrogens with zero attached hydrogens (tertiary/aromatic N) is 4. The Morgan fingerprint density at radius 1 is 0.318 bits per heavy atom. The van der Waals surface area contributed by atoms with E-state index in [0.717, 1.165) is 150 Å². The molecule has 7 heteroatoms. The summed E-state index contributed by atoms with van der Waals surface area (Å²) in [6, 6.07) is 88.6. The number of hydrogen-bond acceptors (Lipinski definition) is 4. The van der Waals surface area contributed by atoms with Crippen molar-refractivity contribution >= 4 is 106 Å². The number of para-hydroxylation sites is 4. The van der Waals surface area contributed by atoms with Gasteiger partial charge in [0.1, 0.15) is 0 Å². The summed E-state index contributed by atoms with van der Waals surface area (Å²) in [4.78, 5) is 34.8. The van der Waals surface area contributed by atoms with Crippen molar-refractivity contribution in [2.75, 3.05) is 4.90 Å². The number of anilines is 3. The Morgan fingerprint density at radius 3 is 1.54 bits per heavy atom. The van der Waals surface area contributed by atoms with Crippen LogP contribution in [0, 0.1) is 0 Å². The predicted molar refractivity (Wildman–Crippen MR) is 350 cm³/mol. The molecule has 0 saturated carbocycles. The number of ketones is 2. The summed E-state index contributed by atoms with van der Waals surface area (Å²) < 4.78 is 7.02. The largest absolute Gasteiger partial charge is 0.309 e. The maximum Gasteiger partial charge on any atom is 0.196 e. The Balaban J connectivity index is 0.805. The van der Waals surface area contributed by atoms with Crippen LogP contribution in [0.3, 0.4) is 0 Å². The maximum atomic E-state index is 15.3. The second-order valence-corrected chi connectivity index (χ2v) is 24.9. The molecule has 4 heterocycles. The molecule has 2 aliphatic carbocycles. The molecule has 18 rings (SSSR count). The lowest BCUT2D eigenvalue weighted by Crippen LogP contribution is -2.14. The molecular weight excluding hydrogens is 1060 g/mol. The molecule has 12 aromatic carbocycles. The van der Waals surface area contributed by atoms with E-state index in [-0.39, 0.29) is 17.0 Å². The fourth-order valence-corrected chi connectivity index (χ4v) is 15.5. The first-order valence-corrected chi connectivity index (χ1v) is 29.9. The van der Waals surface area contributed by atoms with E-state index in [1.807, 2.05) is 36.4 Å². The molecule has 0 fully saturated rings. The molecule has 0 radical (unpaired) electrons. The van der Waals surface area contributed by atoms with Gasteiger partial charge in [-0.05, 0) is 142 Å². The van der Waals surface area contributed by atoms with Crippen LogP contribution in [0.15, 0.2) is 259 Å². The van der Waals surface area contributed by atoms with E-state index in [1.54, 1.807) is 11.8 Å². The summed E-state index contributed by atoms with van der Waals surface area (Å²) in [5.41, 5.74) is 22.4. The van der Waals surface area contributed by atoms with Crippen molar-refractivity contribution in [2.24, 2.45) is 0 Å². The lowest BCUT2D eigenvalue weighted by Gasteiger charge is -2.32. The fourth-order valence-electron chi connectivity index (χ4n) is 14.4. The van der Waals surface area contributed by atoms with Crippen molar-refractivity contribution in [3.05, 3.63) is 277 Å². The Hall–Kier alpha value is -10.5. The lowest BCUT2D eigenvalue weighted by molar-refractivity contribution is 0.103. The molecule has 0 saturated heterocycles. The number of aromatic nitrogens is 3. The van der Waals surface area contributed by atoms with Crippen LogP contribution in [0.25, 0.3) is 116 Å². The highest BCUT2D eigenvalue weighted by atomic mass is 32.2. The van der Waals surface area contributed by atoms with Gasteiger partial charge in [-0.2, -0.15) is 0 Å². The van der Waals surface area contributed by atoms with Crippen molar-refractivity contribution in [3.63, 3.8) is 0 Å². The van der Waals surface area contributed by atoms with Crippen LogP contribution in [-0.4, -0.2) is 25.3 Å². The highest BCUT2D eigenvalue weighted by molar-refractivity contribution is 7.99. The molecule has 6 nitrogen and oxygen atoms in total. The molecule has 1 aliphatic heterocycles. The van der Waals surface area contributed by atoms with Gasteiger partial charge in [-0.15, -0.1) is 0 Å². The predicted octanol–water partition coefficient (Wildman–Crippen LogP) is 20.3. The van der Waals surface area contributed by atoms with Crippen LogP contribution < -0.4 is 4.90 Å². The number of hydrogen-bond donors (Lipinski definition) is 0. The molecule has 3 aromatic heterocycles. The van der Waals surface area contributed by atoms with Crippen molar-refractivity contribution in [3.8, 4) is 50.4 Å². The van der Waals surface area contributed by atoms with Crippen molar-refractivity contribution < 1.29 is 9.59 Å². The summed E-state index contributed by atoms with van der Waals surface area (Å²) in [6.45, 7) is 6.76. The number of carbonyl (C=O) groups excluding carboxylic acids is 2. The normalized spacial score (nSPS) is 13.3. The molecule has 3 aliphatic rings. The van der Waals surface area contributed by atoms with Crippen molar-refractivity contribution in [2.45, 2.75) is 36.0 Å². The van der Waals surface area contributed by atoms with E-state index >= 15 is 4.79 Å². The molecular formula is C78H50N4O2S. The average Bonchev–Trinajstić information content (AvgIpc) is 1.69. The van der Waals surface area contributed by atoms with E-state index in [2.05, 4.69) is 252 Å². The van der Waals surface area contributed by atoms with E-state index in [9.17, 15) is 4.79 Å². The smallest absolute Gasteiger partial charge is 0.196 e. The molecule has 0 amide bonds. The number of fused-ring (bicyclic) bond motifs is 19. The number of carbonyl (C=O) groups is 2. The average molecular weight is 1110 g/mol. The van der Waals surface area contributed by atoms with Crippen molar-refractivity contribution in [1.29, 1.82) is 0 Å². The number of benzene rings is 12. The van der Waals surface area contributed by atoms with Gasteiger partial charge in [0.15, 0.2) is 11.6 Å². The maximum absolute atomic E-state index is 15.3. The first-order valence-electron chi connectivity index (χ1n) is 29.1. The monoisotopic (exact) mass is 1110 g/mol. The standard InChI is InChI=1S/C78H50N4O2S/c1-78(2,3)46-30-41-65-61(42-46)57-40-39-56-51-16-4-6-20-58(51)76(83)72(56)74(57)82(65)50-37-38-54-52-17-8-10-22-63(52)79(68(54)43-50)47-31-28-45(29-32-47)60-44-62-53-18-9-11-23-64(53)81(75(62)73-71(60)55-19-5-7-21-59(55)77(73)84)49-35-33-48(34-36-49)80-66-24-12-14-26-69(66)85-70-27-15-13-25-67(70)80/h4-44H,1-3H3. The van der Waals surface area contributed by atoms with Crippen LogP contribution in [0.2, 0.25) is 0 Å². The first kappa shape index (κ1) is 48.1. The quantitative estimate of drug-likeness (QED) is 0.172. The Morgan fingerprint density at radius 2 is 0.824 bits per heavy atom. The van der Waals surface area contributed by atoms with Crippen LogP contribution in [0.1, 0.15) is 58.2 Å². The van der Waals surface area contributed by atoms with Gasteiger partial charge in [-0.1, -0.05) is 178 Å².